The van der Waals surface area contributed by atoms with Crippen molar-refractivity contribution in [3.05, 3.63) is 30.5 Å². The molecule has 4 nitrogen and oxygen atoms in total. The van der Waals surface area contributed by atoms with Crippen LogP contribution in [0.15, 0.2) is 30.5 Å². The fourth-order valence-corrected chi connectivity index (χ4v) is 5.09. The van der Waals surface area contributed by atoms with Crippen molar-refractivity contribution in [2.45, 2.75) is 57.7 Å². The minimum Gasteiger partial charge on any atom is -0.385 e. The Bertz CT molecular complexity index is 683. The van der Waals surface area contributed by atoms with E-state index in [9.17, 15) is 0 Å². The van der Waals surface area contributed by atoms with Gasteiger partial charge in [0, 0.05) is 44.3 Å². The maximum atomic E-state index is 5.30. The van der Waals surface area contributed by atoms with Crippen LogP contribution in [0.4, 0.5) is 0 Å². The number of hydrogen-bond acceptors (Lipinski definition) is 3. The lowest BCUT2D eigenvalue weighted by atomic mass is 9.88. The van der Waals surface area contributed by atoms with Crippen LogP contribution in [0.25, 0.3) is 10.9 Å². The highest BCUT2D eigenvalue weighted by Gasteiger charge is 2.40. The summed E-state index contributed by atoms with van der Waals surface area (Å²) in [7, 11) is 1.82. The van der Waals surface area contributed by atoms with E-state index in [0.717, 1.165) is 31.2 Å². The Morgan fingerprint density at radius 3 is 2.68 bits per heavy atom. The Morgan fingerprint density at radius 2 is 1.92 bits per heavy atom. The molecule has 2 bridgehead atoms. The van der Waals surface area contributed by atoms with Gasteiger partial charge in [0.1, 0.15) is 0 Å². The van der Waals surface area contributed by atoms with Crippen LogP contribution in [0.3, 0.4) is 0 Å². The van der Waals surface area contributed by atoms with Crippen molar-refractivity contribution in [1.29, 1.82) is 0 Å². The van der Waals surface area contributed by atoms with E-state index in [-0.39, 0.29) is 0 Å². The molecule has 4 rings (SSSR count). The average Bonchev–Trinajstić information content (AvgIpc) is 3.11. The van der Waals surface area contributed by atoms with Gasteiger partial charge in [0.15, 0.2) is 0 Å². The number of hydrogen-bond donors (Lipinski definition) is 0. The van der Waals surface area contributed by atoms with E-state index in [1.165, 1.54) is 49.6 Å². The summed E-state index contributed by atoms with van der Waals surface area (Å²) in [6.45, 7) is 5.52. The van der Waals surface area contributed by atoms with Crippen LogP contribution in [0.5, 0.6) is 0 Å². The third-order valence-corrected chi connectivity index (χ3v) is 6.27. The second kappa shape index (κ2) is 7.46. The first kappa shape index (κ1) is 17.0. The van der Waals surface area contributed by atoms with Gasteiger partial charge in [0.25, 0.3) is 0 Å². The molecule has 0 radical (unpaired) electrons. The van der Waals surface area contributed by atoms with Crippen molar-refractivity contribution in [2.24, 2.45) is 11.8 Å². The van der Waals surface area contributed by atoms with Crippen LogP contribution >= 0.6 is 0 Å². The summed E-state index contributed by atoms with van der Waals surface area (Å²) in [5, 5.41) is 5.86. The molecule has 2 aromatic rings. The van der Waals surface area contributed by atoms with E-state index < -0.39 is 0 Å². The molecule has 1 aromatic heterocycles. The Morgan fingerprint density at radius 1 is 1.16 bits per heavy atom. The first-order valence-electron chi connectivity index (χ1n) is 9.90. The summed E-state index contributed by atoms with van der Waals surface area (Å²) in [6.07, 6.45) is 8.77. The highest BCUT2D eigenvalue weighted by molar-refractivity contribution is 5.78. The predicted molar refractivity (Wildman–Crippen MR) is 102 cm³/mol. The Kier molecular flexibility index (Phi) is 5.09. The van der Waals surface area contributed by atoms with Crippen molar-refractivity contribution in [2.75, 3.05) is 20.3 Å². The second-order valence-electron chi connectivity index (χ2n) is 8.19. The van der Waals surface area contributed by atoms with E-state index in [0.29, 0.717) is 5.92 Å². The Labute approximate surface area is 151 Å². The fraction of sp³-hybridized carbons (Fsp3) is 0.667. The van der Waals surface area contributed by atoms with Crippen LogP contribution in [0, 0.1) is 11.8 Å². The molecule has 0 spiro atoms. The van der Waals surface area contributed by atoms with Gasteiger partial charge in [-0.1, -0.05) is 25.1 Å². The van der Waals surface area contributed by atoms with Crippen LogP contribution in [0.2, 0.25) is 0 Å². The van der Waals surface area contributed by atoms with E-state index >= 15 is 0 Å². The molecule has 0 amide bonds. The second-order valence-corrected chi connectivity index (χ2v) is 8.19. The van der Waals surface area contributed by atoms with Gasteiger partial charge in [-0.15, -0.1) is 0 Å². The van der Waals surface area contributed by atoms with Crippen LogP contribution in [-0.2, 0) is 11.3 Å². The topological polar surface area (TPSA) is 30.3 Å². The first-order chi connectivity index (χ1) is 12.2. The van der Waals surface area contributed by atoms with Gasteiger partial charge in [-0.3, -0.25) is 9.58 Å². The van der Waals surface area contributed by atoms with Gasteiger partial charge >= 0.3 is 0 Å². The monoisotopic (exact) mass is 341 g/mol. The smallest absolute Gasteiger partial charge is 0.0682 e. The molecule has 2 fully saturated rings. The molecule has 0 N–H and O–H groups in total. The van der Waals surface area contributed by atoms with Gasteiger partial charge < -0.3 is 4.74 Å². The highest BCUT2D eigenvalue weighted by atomic mass is 16.5. The van der Waals surface area contributed by atoms with Gasteiger partial charge in [-0.05, 0) is 50.0 Å². The maximum Gasteiger partial charge on any atom is 0.0682 e. The number of nitrogens with zero attached hydrogens (tertiary/aromatic N) is 3. The lowest BCUT2D eigenvalue weighted by Gasteiger charge is -2.40. The summed E-state index contributed by atoms with van der Waals surface area (Å²) in [4.78, 5) is 2.82. The van der Waals surface area contributed by atoms with E-state index in [1.807, 2.05) is 13.3 Å². The van der Waals surface area contributed by atoms with Crippen molar-refractivity contribution in [1.82, 2.24) is 14.7 Å². The third-order valence-electron chi connectivity index (χ3n) is 6.27. The summed E-state index contributed by atoms with van der Waals surface area (Å²) in [6, 6.07) is 10.1. The van der Waals surface area contributed by atoms with Crippen molar-refractivity contribution in [3.8, 4) is 0 Å². The number of ether oxygens (including phenoxy) is 1. The van der Waals surface area contributed by atoms with Crippen molar-refractivity contribution < 1.29 is 4.74 Å². The molecule has 3 heterocycles. The first-order valence-corrected chi connectivity index (χ1v) is 9.90. The lowest BCUT2D eigenvalue weighted by molar-refractivity contribution is 0.0700. The molecule has 4 atom stereocenters. The largest absolute Gasteiger partial charge is 0.385 e. The number of methoxy groups -OCH3 is 1. The molecule has 2 saturated heterocycles. The summed E-state index contributed by atoms with van der Waals surface area (Å²) < 4.78 is 7.49. The normalized spacial score (nSPS) is 27.8. The number of fused-ring (bicyclic) bond motifs is 3. The third kappa shape index (κ3) is 3.61. The summed E-state index contributed by atoms with van der Waals surface area (Å²) in [5.41, 5.74) is 1.26. The molecule has 25 heavy (non-hydrogen) atoms. The predicted octanol–water partition coefficient (Wildman–Crippen LogP) is 3.95. The zero-order valence-corrected chi connectivity index (χ0v) is 15.6. The van der Waals surface area contributed by atoms with Crippen LogP contribution < -0.4 is 0 Å². The molecule has 2 aliphatic rings. The Balaban J connectivity index is 1.36. The molecular weight excluding hydrogens is 310 g/mol. The Hall–Kier alpha value is -1.39. The summed E-state index contributed by atoms with van der Waals surface area (Å²) in [5.74, 6) is 1.50. The minimum atomic E-state index is 0.627. The van der Waals surface area contributed by atoms with Crippen LogP contribution in [-0.4, -0.2) is 47.0 Å². The summed E-state index contributed by atoms with van der Waals surface area (Å²) >= 11 is 0. The highest BCUT2D eigenvalue weighted by Crippen LogP contribution is 2.40. The number of para-hydroxylation sites is 1. The number of aromatic nitrogens is 2. The number of piperidine rings is 1. The zero-order chi connectivity index (χ0) is 17.2. The van der Waals surface area contributed by atoms with Crippen LogP contribution in [0.1, 0.15) is 39.0 Å². The molecule has 4 heteroatoms. The quantitative estimate of drug-likeness (QED) is 0.764. The minimum absolute atomic E-state index is 0.627. The molecule has 0 saturated carbocycles. The molecule has 1 aromatic carbocycles. The zero-order valence-electron chi connectivity index (χ0n) is 15.6. The fourth-order valence-electron chi connectivity index (χ4n) is 5.09. The average molecular weight is 341 g/mol. The standard InChI is InChI=1S/C21H31N3O/c1-16(15-24-21-6-4-3-5-18(21)13-22-24)14-23-19-7-8-20(23)12-17(11-19)9-10-25-2/h3-6,13,16-17,19-20H,7-12,14-15H2,1-2H3/t16-,17-,19+,20-/m1/s1. The van der Waals surface area contributed by atoms with Crippen molar-refractivity contribution in [3.63, 3.8) is 0 Å². The van der Waals surface area contributed by atoms with Gasteiger partial charge in [-0.25, -0.2) is 0 Å². The van der Waals surface area contributed by atoms with Gasteiger partial charge in [0.05, 0.1) is 11.7 Å². The molecule has 0 unspecified atom stereocenters. The van der Waals surface area contributed by atoms with Gasteiger partial charge in [-0.2, -0.15) is 5.10 Å². The lowest BCUT2D eigenvalue weighted by Crippen LogP contribution is -2.45. The van der Waals surface area contributed by atoms with E-state index in [1.54, 1.807) is 0 Å². The molecular formula is C21H31N3O. The molecule has 136 valence electrons. The van der Waals surface area contributed by atoms with Crippen molar-refractivity contribution >= 4 is 10.9 Å². The van der Waals surface area contributed by atoms with E-state index in [2.05, 4.69) is 45.9 Å². The SMILES string of the molecule is COCC[C@H]1C[C@H]2CC[C@@H](C1)N2C[C@@H](C)Cn1ncc2ccccc21. The van der Waals surface area contributed by atoms with Gasteiger partial charge in [0.2, 0.25) is 0 Å². The number of benzene rings is 1. The molecule has 2 aliphatic heterocycles. The maximum absolute atomic E-state index is 5.30. The molecule has 0 aliphatic carbocycles. The number of rotatable bonds is 7. The van der Waals surface area contributed by atoms with E-state index in [4.69, 9.17) is 4.74 Å².